The lowest BCUT2D eigenvalue weighted by Crippen LogP contribution is -2.12. The summed E-state index contributed by atoms with van der Waals surface area (Å²) in [5.74, 6) is -0.250. The van der Waals surface area contributed by atoms with E-state index in [-0.39, 0.29) is 5.91 Å². The van der Waals surface area contributed by atoms with Crippen molar-refractivity contribution in [3.8, 4) is 11.3 Å². The van der Waals surface area contributed by atoms with Crippen LogP contribution in [0.15, 0.2) is 42.6 Å². The molecule has 25 heavy (non-hydrogen) atoms. The molecule has 3 rings (SSSR count). The Bertz CT molecular complexity index is 942. The van der Waals surface area contributed by atoms with Crippen LogP contribution < -0.4 is 5.32 Å². The number of aryl methyl sites for hydroxylation is 2. The van der Waals surface area contributed by atoms with Gasteiger partial charge in [0.05, 0.1) is 11.3 Å². The van der Waals surface area contributed by atoms with Crippen LogP contribution in [0.1, 0.15) is 34.1 Å². The van der Waals surface area contributed by atoms with Gasteiger partial charge in [0.25, 0.3) is 5.91 Å². The molecule has 1 aromatic carbocycles. The molecule has 0 aliphatic carbocycles. The highest BCUT2D eigenvalue weighted by Crippen LogP contribution is 2.30. The lowest BCUT2D eigenvalue weighted by molar-refractivity contribution is 0.102. The van der Waals surface area contributed by atoms with Crippen molar-refractivity contribution in [1.29, 1.82) is 0 Å². The zero-order valence-corrected chi connectivity index (χ0v) is 15.8. The highest BCUT2D eigenvalue weighted by atomic mass is 32.1. The molecular weight excluding hydrogens is 350 g/mol. The topological polar surface area (TPSA) is 57.8 Å². The number of carbonyl (C=O) groups is 1. The van der Waals surface area contributed by atoms with E-state index >= 15 is 0 Å². The van der Waals surface area contributed by atoms with Crippen LogP contribution in [0.3, 0.4) is 0 Å². The van der Waals surface area contributed by atoms with Gasteiger partial charge in [0.1, 0.15) is 4.64 Å². The largest absolute Gasteiger partial charge is 0.352 e. The van der Waals surface area contributed by atoms with Crippen molar-refractivity contribution in [2.45, 2.75) is 26.7 Å². The zero-order valence-electron chi connectivity index (χ0n) is 14.1. The van der Waals surface area contributed by atoms with Gasteiger partial charge in [-0.25, -0.2) is 4.98 Å². The first-order valence-corrected chi connectivity index (χ1v) is 9.36. The predicted molar refractivity (Wildman–Crippen MR) is 106 cm³/mol. The van der Waals surface area contributed by atoms with Crippen LogP contribution in [-0.4, -0.2) is 15.9 Å². The van der Waals surface area contributed by atoms with Gasteiger partial charge in [0.15, 0.2) is 5.13 Å². The van der Waals surface area contributed by atoms with Crippen molar-refractivity contribution in [2.24, 2.45) is 0 Å². The first-order valence-electron chi connectivity index (χ1n) is 8.14. The number of nitrogens with one attached hydrogen (secondary N) is 2. The van der Waals surface area contributed by atoms with Crippen molar-refractivity contribution in [3.63, 3.8) is 0 Å². The summed E-state index contributed by atoms with van der Waals surface area (Å²) in [6, 6.07) is 11.9. The van der Waals surface area contributed by atoms with Gasteiger partial charge >= 0.3 is 0 Å². The number of nitrogens with zero attached hydrogens (tertiary/aromatic N) is 1. The fourth-order valence-corrected chi connectivity index (χ4v) is 3.66. The van der Waals surface area contributed by atoms with Crippen LogP contribution in [0.25, 0.3) is 11.3 Å². The Hall–Kier alpha value is -2.31. The Morgan fingerprint density at radius 2 is 2.04 bits per heavy atom. The number of carbonyl (C=O) groups excluding carboxylic acids is 1. The summed E-state index contributed by atoms with van der Waals surface area (Å²) in [7, 11) is 0. The van der Waals surface area contributed by atoms with E-state index in [1.165, 1.54) is 16.9 Å². The molecule has 1 amide bonds. The Kier molecular flexibility index (Phi) is 5.40. The van der Waals surface area contributed by atoms with E-state index in [4.69, 9.17) is 12.2 Å². The van der Waals surface area contributed by atoms with E-state index in [1.54, 1.807) is 18.3 Å². The van der Waals surface area contributed by atoms with Crippen molar-refractivity contribution in [2.75, 3.05) is 5.32 Å². The summed E-state index contributed by atoms with van der Waals surface area (Å²) in [6.45, 7) is 4.18. The average Bonchev–Trinajstić information content (AvgIpc) is 2.96. The second kappa shape index (κ2) is 7.72. The van der Waals surface area contributed by atoms with Crippen molar-refractivity contribution in [1.82, 2.24) is 9.97 Å². The smallest absolute Gasteiger partial charge is 0.260 e. The molecular formula is C19H19N3OS2. The Morgan fingerprint density at radius 1 is 1.28 bits per heavy atom. The zero-order chi connectivity index (χ0) is 17.8. The molecule has 128 valence electrons. The third kappa shape index (κ3) is 4.03. The molecule has 0 unspecified atom stereocenters. The lowest BCUT2D eigenvalue weighted by Gasteiger charge is -2.02. The second-order valence-electron chi connectivity index (χ2n) is 5.74. The number of thiazole rings is 1. The molecule has 2 heterocycles. The number of aromatic nitrogens is 2. The molecule has 0 radical (unpaired) electrons. The fraction of sp³-hybridized carbons (Fsp3) is 0.211. The third-order valence-electron chi connectivity index (χ3n) is 3.85. The molecule has 4 nitrogen and oxygen atoms in total. The Balaban J connectivity index is 1.81. The van der Waals surface area contributed by atoms with Crippen LogP contribution in [0.5, 0.6) is 0 Å². The standard InChI is InChI=1S/C19H19N3OS2/c1-3-5-13-7-9-14(10-8-13)16-12(2)25-19(21-16)22-17(23)15-6-4-11-20-18(15)24/h4,6-11H,3,5H2,1-2H3,(H,20,24)(H,21,22,23). The van der Waals surface area contributed by atoms with Crippen LogP contribution in [-0.2, 0) is 6.42 Å². The maximum absolute atomic E-state index is 12.4. The number of pyridine rings is 1. The van der Waals surface area contributed by atoms with E-state index in [0.29, 0.717) is 15.3 Å². The minimum absolute atomic E-state index is 0.250. The van der Waals surface area contributed by atoms with E-state index < -0.39 is 0 Å². The quantitative estimate of drug-likeness (QED) is 0.594. The first-order chi connectivity index (χ1) is 12.1. The molecule has 0 saturated carbocycles. The van der Waals surface area contributed by atoms with Gasteiger partial charge in [0, 0.05) is 16.6 Å². The molecule has 3 aromatic rings. The van der Waals surface area contributed by atoms with Gasteiger partial charge in [-0.3, -0.25) is 10.1 Å². The highest BCUT2D eigenvalue weighted by molar-refractivity contribution is 7.71. The molecule has 6 heteroatoms. The minimum atomic E-state index is -0.250. The third-order valence-corrected chi connectivity index (χ3v) is 5.07. The van der Waals surface area contributed by atoms with Crippen LogP contribution in [0, 0.1) is 11.6 Å². The molecule has 2 N–H and O–H groups in total. The number of anilines is 1. The van der Waals surface area contributed by atoms with Crippen LogP contribution in [0.2, 0.25) is 0 Å². The lowest BCUT2D eigenvalue weighted by atomic mass is 10.1. The van der Waals surface area contributed by atoms with Crippen molar-refractivity contribution >= 4 is 34.6 Å². The predicted octanol–water partition coefficient (Wildman–Crippen LogP) is 5.38. The van der Waals surface area contributed by atoms with Gasteiger partial charge in [-0.15, -0.1) is 11.3 Å². The van der Waals surface area contributed by atoms with Crippen LogP contribution >= 0.6 is 23.6 Å². The van der Waals surface area contributed by atoms with Gasteiger partial charge in [0.2, 0.25) is 0 Å². The molecule has 0 spiro atoms. The molecule has 0 aliphatic rings. The van der Waals surface area contributed by atoms with E-state index in [0.717, 1.165) is 29.0 Å². The van der Waals surface area contributed by atoms with E-state index in [2.05, 4.69) is 46.5 Å². The molecule has 2 aromatic heterocycles. The average molecular weight is 370 g/mol. The summed E-state index contributed by atoms with van der Waals surface area (Å²) in [5.41, 5.74) is 3.73. The number of amides is 1. The van der Waals surface area contributed by atoms with Gasteiger partial charge in [-0.1, -0.05) is 49.8 Å². The van der Waals surface area contributed by atoms with Crippen LogP contribution in [0.4, 0.5) is 5.13 Å². The fourth-order valence-electron chi connectivity index (χ4n) is 2.60. The van der Waals surface area contributed by atoms with E-state index in [1.807, 2.05) is 6.92 Å². The summed E-state index contributed by atoms with van der Waals surface area (Å²) in [5, 5.41) is 3.42. The molecule has 0 bridgehead atoms. The SMILES string of the molecule is CCCc1ccc(-c2nc(NC(=O)c3ccc[nH]c3=S)sc2C)cc1. The summed E-state index contributed by atoms with van der Waals surface area (Å²) < 4.78 is 0.417. The number of hydrogen-bond acceptors (Lipinski definition) is 4. The summed E-state index contributed by atoms with van der Waals surface area (Å²) >= 11 is 6.62. The monoisotopic (exact) mass is 369 g/mol. The molecule has 0 saturated heterocycles. The summed E-state index contributed by atoms with van der Waals surface area (Å²) in [4.78, 5) is 20.9. The van der Waals surface area contributed by atoms with E-state index in [9.17, 15) is 4.79 Å². The summed E-state index contributed by atoms with van der Waals surface area (Å²) in [6.07, 6.45) is 3.91. The number of benzene rings is 1. The van der Waals surface area contributed by atoms with Gasteiger partial charge < -0.3 is 4.98 Å². The first kappa shape index (κ1) is 17.5. The maximum atomic E-state index is 12.4. The molecule has 0 aliphatic heterocycles. The molecule has 0 fully saturated rings. The molecule has 0 atom stereocenters. The number of hydrogen-bond donors (Lipinski definition) is 2. The normalized spacial score (nSPS) is 10.6. The minimum Gasteiger partial charge on any atom is -0.352 e. The number of H-pyrrole nitrogens is 1. The van der Waals surface area contributed by atoms with Gasteiger partial charge in [-0.2, -0.15) is 0 Å². The Morgan fingerprint density at radius 3 is 2.72 bits per heavy atom. The second-order valence-corrected chi connectivity index (χ2v) is 7.35. The highest BCUT2D eigenvalue weighted by Gasteiger charge is 2.14. The number of aromatic amines is 1. The maximum Gasteiger partial charge on any atom is 0.260 e. The van der Waals surface area contributed by atoms with Gasteiger partial charge in [-0.05, 0) is 31.0 Å². The van der Waals surface area contributed by atoms with Crippen molar-refractivity contribution < 1.29 is 4.79 Å². The van der Waals surface area contributed by atoms with Crippen molar-refractivity contribution in [3.05, 3.63) is 63.2 Å². The number of rotatable bonds is 5. The Labute approximate surface area is 156 Å².